The van der Waals surface area contributed by atoms with Gasteiger partial charge in [0.25, 0.3) is 11.8 Å². The van der Waals surface area contributed by atoms with E-state index >= 15 is 4.39 Å². The number of halogens is 3. The van der Waals surface area contributed by atoms with Crippen LogP contribution in [0.4, 0.5) is 18.9 Å². The highest BCUT2D eigenvalue weighted by Gasteiger charge is 2.45. The molecule has 0 bridgehead atoms. The Hall–Kier alpha value is -4.90. The molecule has 1 aliphatic carbocycles. The van der Waals surface area contributed by atoms with Gasteiger partial charge < -0.3 is 19.3 Å². The molecule has 1 saturated carbocycles. The van der Waals surface area contributed by atoms with Crippen molar-refractivity contribution in [2.75, 3.05) is 44.2 Å². The van der Waals surface area contributed by atoms with Gasteiger partial charge in [-0.1, -0.05) is 12.1 Å². The molecule has 10 rings (SSSR count). The maximum Gasteiger partial charge on any atom is 0.319 e. The molecule has 322 valence electrons. The molecule has 2 N–H and O–H groups in total. The van der Waals surface area contributed by atoms with Crippen LogP contribution >= 0.6 is 0 Å². The standard InChI is InChI=1S/C45H50F3N7O6/c46-36-19-27(26-1-3-32-35-23-49-12-7-37(35)54(45(47)48)39(32)20-26)22-50-42(36)61-31-17-25(18-31)24-52-13-8-29(9-14-52)60-30-10-15-53(16-11-30)28-2-4-33-34(21-28)44(59)55(43(33)58)38-5-6-40(56)51-41(38)57/h1-4,7,12,20-21,23,25,27,29-31,36,38,42,45,50H,5-6,8-11,13-19,22,24H2,(H,51,56,57)/t25?,27?,31?,36-,38?,42?/m1/s1. The number of piperidine rings is 4. The van der Waals surface area contributed by atoms with Gasteiger partial charge in [-0.15, -0.1) is 0 Å². The van der Waals surface area contributed by atoms with Gasteiger partial charge in [0.05, 0.1) is 40.5 Å². The molecule has 13 nitrogen and oxygen atoms in total. The van der Waals surface area contributed by atoms with E-state index in [-0.39, 0.29) is 49.1 Å². The highest BCUT2D eigenvalue weighted by Crippen LogP contribution is 2.39. The Morgan fingerprint density at radius 2 is 1.54 bits per heavy atom. The summed E-state index contributed by atoms with van der Waals surface area (Å²) in [7, 11) is 0. The number of anilines is 1. The van der Waals surface area contributed by atoms with Crippen LogP contribution in [-0.4, -0.2) is 119 Å². The second kappa shape index (κ2) is 16.4. The maximum absolute atomic E-state index is 15.5. The zero-order valence-corrected chi connectivity index (χ0v) is 33.8. The molecule has 4 saturated heterocycles. The van der Waals surface area contributed by atoms with E-state index in [1.807, 2.05) is 18.2 Å². The number of hydrogen-bond donors (Lipinski definition) is 2. The molecule has 5 aliphatic heterocycles. The van der Waals surface area contributed by atoms with Crippen molar-refractivity contribution in [3.8, 4) is 0 Å². The number of benzene rings is 2. The van der Waals surface area contributed by atoms with E-state index in [4.69, 9.17) is 9.47 Å². The lowest BCUT2D eigenvalue weighted by Gasteiger charge is -2.43. The topological polar surface area (TPSA) is 138 Å². The summed E-state index contributed by atoms with van der Waals surface area (Å²) in [6.45, 7) is 2.27. The summed E-state index contributed by atoms with van der Waals surface area (Å²) in [6, 6.07) is 11.4. The molecule has 3 unspecified atom stereocenters. The second-order valence-electron chi connectivity index (χ2n) is 17.7. The van der Waals surface area contributed by atoms with Gasteiger partial charge in [-0.3, -0.25) is 44.3 Å². The highest BCUT2D eigenvalue weighted by atomic mass is 19.3. The number of hydrogen-bond acceptors (Lipinski definition) is 10. The van der Waals surface area contributed by atoms with Crippen LogP contribution in [0.25, 0.3) is 21.8 Å². The van der Waals surface area contributed by atoms with Crippen molar-refractivity contribution in [2.24, 2.45) is 5.92 Å². The van der Waals surface area contributed by atoms with Gasteiger partial charge in [0.2, 0.25) is 11.8 Å². The third kappa shape index (κ3) is 7.69. The average Bonchev–Trinajstić information content (AvgIpc) is 3.71. The molecule has 6 aliphatic rings. The van der Waals surface area contributed by atoms with Crippen LogP contribution in [0.3, 0.4) is 0 Å². The van der Waals surface area contributed by atoms with Crippen molar-refractivity contribution < 1.29 is 41.8 Å². The van der Waals surface area contributed by atoms with Crippen LogP contribution in [0.1, 0.15) is 96.5 Å². The third-order valence-electron chi connectivity index (χ3n) is 13.9. The van der Waals surface area contributed by atoms with E-state index in [0.717, 1.165) is 92.0 Å². The van der Waals surface area contributed by atoms with E-state index in [9.17, 15) is 28.0 Å². The summed E-state index contributed by atoms with van der Waals surface area (Å²) >= 11 is 0. The minimum absolute atomic E-state index is 0.0167. The lowest BCUT2D eigenvalue weighted by Crippen LogP contribution is -2.54. The minimum Gasteiger partial charge on any atom is -0.375 e. The molecule has 0 spiro atoms. The fourth-order valence-corrected chi connectivity index (χ4v) is 10.5. The predicted molar refractivity (Wildman–Crippen MR) is 219 cm³/mol. The zero-order valence-electron chi connectivity index (χ0n) is 33.8. The number of nitrogens with zero attached hydrogens (tertiary/aromatic N) is 5. The predicted octanol–water partition coefficient (Wildman–Crippen LogP) is 5.67. The van der Waals surface area contributed by atoms with E-state index in [0.29, 0.717) is 39.8 Å². The number of amides is 4. The van der Waals surface area contributed by atoms with E-state index in [2.05, 4.69) is 25.4 Å². The van der Waals surface area contributed by atoms with Crippen molar-refractivity contribution in [1.29, 1.82) is 0 Å². The molecule has 4 aromatic rings. The number of carbonyl (C=O) groups excluding carboxylic acids is 4. The van der Waals surface area contributed by atoms with Crippen molar-refractivity contribution in [3.63, 3.8) is 0 Å². The van der Waals surface area contributed by atoms with E-state index in [1.54, 1.807) is 30.5 Å². The van der Waals surface area contributed by atoms with Gasteiger partial charge in [0.15, 0.2) is 0 Å². The average molecular weight is 842 g/mol. The van der Waals surface area contributed by atoms with Crippen molar-refractivity contribution >= 4 is 51.1 Å². The number of likely N-dealkylation sites (tertiary alicyclic amines) is 1. The molecule has 16 heteroatoms. The number of nitrogens with one attached hydrogen (secondary N) is 2. The summed E-state index contributed by atoms with van der Waals surface area (Å²) in [4.78, 5) is 60.3. The van der Waals surface area contributed by atoms with Gasteiger partial charge in [-0.2, -0.15) is 8.78 Å². The maximum atomic E-state index is 15.5. The van der Waals surface area contributed by atoms with E-state index < -0.39 is 48.6 Å². The van der Waals surface area contributed by atoms with Gasteiger partial charge in [0, 0.05) is 74.5 Å². The molecular formula is C45H50F3N7O6. The van der Waals surface area contributed by atoms with Crippen molar-refractivity contribution in [2.45, 2.75) is 107 Å². The SMILES string of the molecule is O=C1CCC(N2C(=O)c3ccc(N4CCC(OC5CCN(CC6CC(OC7NCC(c8ccc9c%10cnccc%10n(C(F)F)c9c8)C[C@H]7F)C6)CC5)CC4)cc3C2=O)C(=O)N1. The van der Waals surface area contributed by atoms with E-state index in [1.165, 1.54) is 6.20 Å². The number of carbonyl (C=O) groups is 4. The number of pyridine rings is 1. The number of alkyl halides is 3. The van der Waals surface area contributed by atoms with Crippen LogP contribution in [-0.2, 0) is 19.1 Å². The van der Waals surface area contributed by atoms with Crippen molar-refractivity contribution in [1.82, 2.24) is 30.0 Å². The molecule has 4 atom stereocenters. The first kappa shape index (κ1) is 40.2. The Bertz CT molecular complexity index is 2360. The smallest absolute Gasteiger partial charge is 0.319 e. The number of fused-ring (bicyclic) bond motifs is 4. The molecule has 5 fully saturated rings. The third-order valence-corrected chi connectivity index (χ3v) is 13.9. The molecule has 0 radical (unpaired) electrons. The Morgan fingerprint density at radius 3 is 2.28 bits per heavy atom. The molecule has 61 heavy (non-hydrogen) atoms. The van der Waals surface area contributed by atoms with Crippen molar-refractivity contribution in [3.05, 3.63) is 71.5 Å². The molecule has 2 aromatic carbocycles. The van der Waals surface area contributed by atoms with Crippen LogP contribution in [0.15, 0.2) is 54.9 Å². The van der Waals surface area contributed by atoms with Crippen LogP contribution in [0.2, 0.25) is 0 Å². The summed E-state index contributed by atoms with van der Waals surface area (Å²) in [6.07, 6.45) is 7.56. The molecule has 4 amide bonds. The Kier molecular flexibility index (Phi) is 10.8. The first-order valence-corrected chi connectivity index (χ1v) is 21.7. The van der Waals surface area contributed by atoms with Gasteiger partial charge >= 0.3 is 6.55 Å². The Labute approximate surface area is 350 Å². The van der Waals surface area contributed by atoms with Gasteiger partial charge in [-0.05, 0) is 99.1 Å². The first-order chi connectivity index (χ1) is 29.6. The van der Waals surface area contributed by atoms with Crippen LogP contribution < -0.4 is 15.5 Å². The number of rotatable bonds is 10. The largest absolute Gasteiger partial charge is 0.375 e. The monoisotopic (exact) mass is 841 g/mol. The lowest BCUT2D eigenvalue weighted by molar-refractivity contribution is -0.136. The molecule has 2 aromatic heterocycles. The Morgan fingerprint density at radius 1 is 0.787 bits per heavy atom. The Balaban J connectivity index is 0.637. The highest BCUT2D eigenvalue weighted by molar-refractivity contribution is 6.23. The van der Waals surface area contributed by atoms with Gasteiger partial charge in [-0.25, -0.2) is 4.39 Å². The number of imide groups is 2. The van der Waals surface area contributed by atoms with Crippen LogP contribution in [0, 0.1) is 5.92 Å². The van der Waals surface area contributed by atoms with Crippen LogP contribution in [0.5, 0.6) is 0 Å². The van der Waals surface area contributed by atoms with Gasteiger partial charge in [0.1, 0.15) is 18.4 Å². The lowest BCUT2D eigenvalue weighted by atomic mass is 9.81. The summed E-state index contributed by atoms with van der Waals surface area (Å²) < 4.78 is 57.6. The summed E-state index contributed by atoms with van der Waals surface area (Å²) in [5.41, 5.74) is 3.12. The summed E-state index contributed by atoms with van der Waals surface area (Å²) in [5.74, 6) is -1.66. The fourth-order valence-electron chi connectivity index (χ4n) is 10.5. The summed E-state index contributed by atoms with van der Waals surface area (Å²) in [5, 5.41) is 6.88. The zero-order chi connectivity index (χ0) is 41.9. The first-order valence-electron chi connectivity index (χ1n) is 21.7. The second-order valence-corrected chi connectivity index (χ2v) is 17.7. The number of ether oxygens (including phenoxy) is 2. The fraction of sp³-hybridized carbons (Fsp3) is 0.533. The molecule has 7 heterocycles. The number of aromatic nitrogens is 2. The quantitative estimate of drug-likeness (QED) is 0.192. The minimum atomic E-state index is -2.70. The normalized spacial score (nSPS) is 28.3. The molecular weight excluding hydrogens is 792 g/mol.